The molecule has 0 aliphatic carbocycles. The molecule has 15 rings (SSSR count). The van der Waals surface area contributed by atoms with Crippen LogP contribution in [0.5, 0.6) is 0 Å². The van der Waals surface area contributed by atoms with E-state index in [2.05, 4.69) is 84.9 Å². The molecule has 0 bridgehead atoms. The van der Waals surface area contributed by atoms with Crippen LogP contribution < -0.4 is 63.7 Å². The Hall–Kier alpha value is -9.06. The summed E-state index contributed by atoms with van der Waals surface area (Å²) in [6.07, 6.45) is 0. The van der Waals surface area contributed by atoms with Gasteiger partial charge in [0.25, 0.3) is 0 Å². The zero-order valence-electron chi connectivity index (χ0n) is 46.6. The summed E-state index contributed by atoms with van der Waals surface area (Å²) in [5.74, 6) is 0. The largest absolute Gasteiger partial charge is 0.309 e. The summed E-state index contributed by atoms with van der Waals surface area (Å²) >= 11 is 0. The molecule has 0 unspecified atom stereocenters. The summed E-state index contributed by atoms with van der Waals surface area (Å²) in [6, 6.07) is 108. The Labute approximate surface area is 500 Å². The Morgan fingerprint density at radius 3 is 0.709 bits per heavy atom. The Morgan fingerprint density at radius 1 is 0.209 bits per heavy atom. The Balaban J connectivity index is 0.943. The third kappa shape index (κ3) is 8.55. The molecule has 0 heterocycles. The summed E-state index contributed by atoms with van der Waals surface area (Å²) in [6.45, 7) is 0. The van der Waals surface area contributed by atoms with Crippen molar-refractivity contribution < 1.29 is 18.6 Å². The fourth-order valence-electron chi connectivity index (χ4n) is 13.2. The van der Waals surface area contributed by atoms with E-state index in [1.807, 2.05) is 243 Å². The maximum Gasteiger partial charge on any atom is 0.239 e. The molecule has 4 nitrogen and oxygen atoms in total. The van der Waals surface area contributed by atoms with Crippen molar-refractivity contribution in [3.63, 3.8) is 0 Å². The van der Waals surface area contributed by atoms with Crippen LogP contribution in [0.3, 0.4) is 0 Å². The molecule has 0 spiro atoms. The van der Waals surface area contributed by atoms with E-state index in [0.29, 0.717) is 31.8 Å². The van der Waals surface area contributed by atoms with E-state index in [-0.39, 0.29) is 0 Å². The second-order valence-corrected chi connectivity index (χ2v) is 32.9. The van der Waals surface area contributed by atoms with Crippen LogP contribution >= 0.6 is 28.9 Å². The molecule has 0 saturated heterocycles. The second kappa shape index (κ2) is 21.5. The Morgan fingerprint density at radius 2 is 0.419 bits per heavy atom. The van der Waals surface area contributed by atoms with Crippen molar-refractivity contribution in [3.05, 3.63) is 328 Å². The molecule has 15 aromatic rings. The number of fused-ring (bicyclic) bond motifs is 6. The number of rotatable bonds is 12. The van der Waals surface area contributed by atoms with Crippen LogP contribution in [-0.4, -0.2) is 4.89 Å². The van der Waals surface area contributed by atoms with Crippen LogP contribution in [0.2, 0.25) is 0 Å². The summed E-state index contributed by atoms with van der Waals surface area (Å²) in [4.78, 5) is 14.0. The predicted molar refractivity (Wildman–Crippen MR) is 371 cm³/mol. The van der Waals surface area contributed by atoms with Gasteiger partial charge < -0.3 is 13.7 Å². The van der Waals surface area contributed by atoms with Crippen LogP contribution in [0.25, 0.3) is 64.6 Å². The van der Waals surface area contributed by atoms with Crippen LogP contribution in [0, 0.1) is 0 Å². The lowest BCUT2D eigenvalue weighted by Gasteiger charge is -2.26. The van der Waals surface area contributed by atoms with E-state index < -0.39 is 28.9 Å². The van der Waals surface area contributed by atoms with Gasteiger partial charge in [0.1, 0.15) is 15.9 Å². The van der Waals surface area contributed by atoms with E-state index in [9.17, 15) is 4.89 Å². The SMILES string of the molecule is O=P(c1ccc(P(=O)(c2cccc3ccccc23)c2cccc3ccccc23)cc1)(c1ccc(P(=O)(c2cccc3ccccc23)c2cccc3ccccc23)cc1)c1ccc([P+](O)(c2cccc3ccccc23)c2cccc3ccccc23)cc1. The highest BCUT2D eigenvalue weighted by Gasteiger charge is 2.47. The van der Waals surface area contributed by atoms with Crippen molar-refractivity contribution in [2.75, 3.05) is 0 Å². The molecule has 8 heteroatoms. The first kappa shape index (κ1) is 53.7. The number of hydrogen-bond donors (Lipinski definition) is 1. The van der Waals surface area contributed by atoms with Gasteiger partial charge in [-0.2, -0.15) is 0 Å². The molecule has 0 fully saturated rings. The zero-order valence-corrected chi connectivity index (χ0v) is 50.2. The zero-order chi connectivity index (χ0) is 58.0. The molecule has 86 heavy (non-hydrogen) atoms. The van der Waals surface area contributed by atoms with Crippen LogP contribution in [0.1, 0.15) is 0 Å². The average molecular weight is 1180 g/mol. The van der Waals surface area contributed by atoms with E-state index in [4.69, 9.17) is 0 Å². The molecule has 0 aliphatic rings. The van der Waals surface area contributed by atoms with Gasteiger partial charge in [-0.15, -0.1) is 0 Å². The number of benzene rings is 15. The van der Waals surface area contributed by atoms with Gasteiger partial charge in [0.05, 0.1) is 0 Å². The van der Waals surface area contributed by atoms with E-state index >= 15 is 13.7 Å². The standard InChI is InChI=1S/C78H55O4P4/c79-83(61-43-49-64(50-44-61)84(80,73-37-13-25-55-19-1-7-31-67(55)73)74-38-14-26-56-20-2-8-32-68(56)74,62-45-51-65(52-46-62)85(81,75-39-15-27-57-21-3-9-33-69(57)75)76-40-16-28-58-22-4-10-34-70(58)76)63-47-53-66(54-48-63)86(82,77-41-17-29-59-23-5-11-35-71(59)77)78-42-18-30-60-24-6-12-36-72(60)78/h1-54,80H/q+1. The lowest BCUT2D eigenvalue weighted by molar-refractivity contribution is 0.591. The maximum absolute atomic E-state index is 17.4. The summed E-state index contributed by atoms with van der Waals surface area (Å²) in [5.41, 5.74) is 0. The predicted octanol–water partition coefficient (Wildman–Crippen LogP) is 14.7. The van der Waals surface area contributed by atoms with Gasteiger partial charge in [0.15, 0.2) is 21.4 Å². The van der Waals surface area contributed by atoms with Crippen molar-refractivity contribution in [2.24, 2.45) is 0 Å². The fourth-order valence-corrected chi connectivity index (χ4v) is 25.0. The second-order valence-electron chi connectivity index (χ2n) is 22.0. The minimum absolute atomic E-state index is 0.531. The quantitative estimate of drug-likeness (QED) is 0.124. The molecular formula is C78H55O4P4+. The summed E-state index contributed by atoms with van der Waals surface area (Å²) in [5, 5.41) is 19.6. The van der Waals surface area contributed by atoms with Crippen molar-refractivity contribution in [1.29, 1.82) is 0 Å². The summed E-state index contributed by atoms with van der Waals surface area (Å²) < 4.78 is 51.2. The minimum Gasteiger partial charge on any atom is -0.309 e. The minimum atomic E-state index is -3.91. The van der Waals surface area contributed by atoms with Gasteiger partial charge in [-0.05, 0) is 90.3 Å². The smallest absolute Gasteiger partial charge is 0.239 e. The first-order chi connectivity index (χ1) is 42.2. The lowest BCUT2D eigenvalue weighted by Crippen LogP contribution is -2.33. The molecule has 0 radical (unpaired) electrons. The van der Waals surface area contributed by atoms with Gasteiger partial charge in [0, 0.05) is 58.5 Å². The highest BCUT2D eigenvalue weighted by molar-refractivity contribution is 7.92. The fraction of sp³-hybridized carbons (Fsp3) is 0. The highest BCUT2D eigenvalue weighted by atomic mass is 31.2. The molecule has 410 valence electrons. The maximum atomic E-state index is 17.4. The topological polar surface area (TPSA) is 71.4 Å². The Kier molecular flexibility index (Phi) is 13.4. The summed E-state index contributed by atoms with van der Waals surface area (Å²) in [7, 11) is -14.7. The average Bonchev–Trinajstić information content (AvgIpc) is 1.04. The van der Waals surface area contributed by atoms with Crippen LogP contribution in [-0.2, 0) is 13.7 Å². The van der Waals surface area contributed by atoms with Crippen LogP contribution in [0.15, 0.2) is 328 Å². The molecular weight excluding hydrogens is 1120 g/mol. The third-order valence-electron chi connectivity index (χ3n) is 17.4. The van der Waals surface area contributed by atoms with Gasteiger partial charge in [-0.3, -0.25) is 0 Å². The van der Waals surface area contributed by atoms with Gasteiger partial charge in [0.2, 0.25) is 7.49 Å². The molecule has 0 amide bonds. The van der Waals surface area contributed by atoms with E-state index in [1.165, 1.54) is 0 Å². The molecule has 0 saturated carbocycles. The molecule has 1 N–H and O–H groups in total. The third-order valence-corrected chi connectivity index (χ3v) is 30.0. The molecule has 0 aliphatic heterocycles. The van der Waals surface area contributed by atoms with Gasteiger partial charge in [-0.25, -0.2) is 4.89 Å². The normalized spacial score (nSPS) is 12.4. The van der Waals surface area contributed by atoms with E-state index in [0.717, 1.165) is 96.5 Å². The lowest BCUT2D eigenvalue weighted by atomic mass is 10.1. The van der Waals surface area contributed by atoms with Gasteiger partial charge in [-0.1, -0.05) is 291 Å². The van der Waals surface area contributed by atoms with Crippen LogP contribution in [0.4, 0.5) is 0 Å². The first-order valence-electron chi connectivity index (χ1n) is 28.8. The van der Waals surface area contributed by atoms with Gasteiger partial charge >= 0.3 is 0 Å². The van der Waals surface area contributed by atoms with E-state index in [1.54, 1.807) is 0 Å². The van der Waals surface area contributed by atoms with Crippen molar-refractivity contribution in [2.45, 2.75) is 0 Å². The first-order valence-corrected chi connectivity index (χ1v) is 35.7. The van der Waals surface area contributed by atoms with Crippen molar-refractivity contribution >= 4 is 157 Å². The molecule has 0 atom stereocenters. The van der Waals surface area contributed by atoms with Crippen molar-refractivity contribution in [1.82, 2.24) is 0 Å². The monoisotopic (exact) mass is 1180 g/mol. The highest BCUT2D eigenvalue weighted by Crippen LogP contribution is 2.55. The Bertz CT molecular complexity index is 4810. The molecule has 0 aromatic heterocycles. The van der Waals surface area contributed by atoms with Crippen molar-refractivity contribution in [3.8, 4) is 0 Å². The molecule has 15 aromatic carbocycles. The number of hydrogen-bond acceptors (Lipinski definition) is 4.